The van der Waals surface area contributed by atoms with Crippen molar-refractivity contribution in [1.82, 2.24) is 0 Å². The average molecular weight is 320 g/mol. The average Bonchev–Trinajstić information content (AvgIpc) is 2.81. The van der Waals surface area contributed by atoms with Crippen LogP contribution in [0.2, 0.25) is 0 Å². The highest BCUT2D eigenvalue weighted by molar-refractivity contribution is 9.10. The van der Waals surface area contributed by atoms with Crippen molar-refractivity contribution in [2.24, 2.45) is 0 Å². The summed E-state index contributed by atoms with van der Waals surface area (Å²) in [4.78, 5) is 12.9. The van der Waals surface area contributed by atoms with Gasteiger partial charge in [-0.15, -0.1) is 0 Å². The van der Waals surface area contributed by atoms with Crippen LogP contribution < -0.4 is 4.90 Å². The van der Waals surface area contributed by atoms with Gasteiger partial charge in [0.05, 0.1) is 0 Å². The molecule has 96 valence electrons. The minimum atomic E-state index is -0.228. The lowest BCUT2D eigenvalue weighted by Crippen LogP contribution is -2.13. The zero-order valence-corrected chi connectivity index (χ0v) is 11.7. The van der Waals surface area contributed by atoms with Gasteiger partial charge >= 0.3 is 0 Å². The Bertz CT molecular complexity index is 657. The first-order valence-corrected chi connectivity index (χ1v) is 6.79. The van der Waals surface area contributed by atoms with Crippen molar-refractivity contribution in [3.63, 3.8) is 0 Å². The van der Waals surface area contributed by atoms with Gasteiger partial charge in [-0.2, -0.15) is 0 Å². The van der Waals surface area contributed by atoms with Crippen molar-refractivity contribution in [2.75, 3.05) is 11.4 Å². The first-order valence-electron chi connectivity index (χ1n) is 6.00. The highest BCUT2D eigenvalue weighted by Gasteiger charge is 2.21. The molecule has 0 fully saturated rings. The molecule has 0 N–H and O–H groups in total. The van der Waals surface area contributed by atoms with Crippen LogP contribution in [-0.2, 0) is 6.42 Å². The van der Waals surface area contributed by atoms with Crippen LogP contribution in [0.4, 0.5) is 15.8 Å². The zero-order valence-electron chi connectivity index (χ0n) is 10.1. The number of carbonyl (C=O) groups is 1. The number of aldehydes is 1. The molecular formula is C15H11BrFNO. The van der Waals surface area contributed by atoms with Crippen LogP contribution in [0.1, 0.15) is 15.9 Å². The second-order valence-electron chi connectivity index (χ2n) is 4.50. The summed E-state index contributed by atoms with van der Waals surface area (Å²) in [5.41, 5.74) is 3.63. The van der Waals surface area contributed by atoms with Crippen LogP contribution in [0.5, 0.6) is 0 Å². The van der Waals surface area contributed by atoms with Gasteiger partial charge in [0.15, 0.2) is 6.29 Å². The minimum absolute atomic E-state index is 0.228. The largest absolute Gasteiger partial charge is 0.341 e. The first kappa shape index (κ1) is 12.4. The molecule has 2 nitrogen and oxygen atoms in total. The van der Waals surface area contributed by atoms with Crippen LogP contribution in [-0.4, -0.2) is 12.8 Å². The van der Waals surface area contributed by atoms with Crippen molar-refractivity contribution in [3.8, 4) is 0 Å². The minimum Gasteiger partial charge on any atom is -0.341 e. The number of benzene rings is 2. The maximum atomic E-state index is 13.4. The molecule has 0 amide bonds. The van der Waals surface area contributed by atoms with Crippen molar-refractivity contribution in [1.29, 1.82) is 0 Å². The summed E-state index contributed by atoms with van der Waals surface area (Å²) in [5.74, 6) is -0.228. The third kappa shape index (κ3) is 2.16. The summed E-state index contributed by atoms with van der Waals surface area (Å²) in [5, 5.41) is 0. The van der Waals surface area contributed by atoms with Crippen molar-refractivity contribution >= 4 is 33.6 Å². The molecule has 0 saturated heterocycles. The number of nitrogens with zero attached hydrogens (tertiary/aromatic N) is 1. The van der Waals surface area contributed by atoms with Gasteiger partial charge in [-0.25, -0.2) is 4.39 Å². The van der Waals surface area contributed by atoms with E-state index in [2.05, 4.69) is 20.8 Å². The van der Waals surface area contributed by atoms with E-state index in [9.17, 15) is 9.18 Å². The fraction of sp³-hybridized carbons (Fsp3) is 0.133. The van der Waals surface area contributed by atoms with E-state index in [-0.39, 0.29) is 5.82 Å². The third-order valence-electron chi connectivity index (χ3n) is 3.37. The highest BCUT2D eigenvalue weighted by atomic mass is 79.9. The van der Waals surface area contributed by atoms with Gasteiger partial charge in [-0.05, 0) is 58.2 Å². The Balaban J connectivity index is 2.04. The van der Waals surface area contributed by atoms with E-state index in [1.807, 2.05) is 18.2 Å². The summed E-state index contributed by atoms with van der Waals surface area (Å²) in [6.45, 7) is 0.825. The molecule has 1 heterocycles. The Morgan fingerprint density at radius 2 is 2.05 bits per heavy atom. The second-order valence-corrected chi connectivity index (χ2v) is 5.35. The van der Waals surface area contributed by atoms with Gasteiger partial charge in [-0.1, -0.05) is 6.07 Å². The Labute approximate surface area is 119 Å². The molecule has 0 radical (unpaired) electrons. The Morgan fingerprint density at radius 3 is 2.79 bits per heavy atom. The van der Waals surface area contributed by atoms with E-state index in [1.54, 1.807) is 12.1 Å². The molecule has 2 aromatic carbocycles. The van der Waals surface area contributed by atoms with E-state index < -0.39 is 0 Å². The molecule has 0 unspecified atom stereocenters. The van der Waals surface area contributed by atoms with Gasteiger partial charge in [0.1, 0.15) is 5.82 Å². The van der Waals surface area contributed by atoms with E-state index in [0.717, 1.165) is 40.7 Å². The third-order valence-corrected chi connectivity index (χ3v) is 4.05. The van der Waals surface area contributed by atoms with Gasteiger partial charge in [0.2, 0.25) is 0 Å². The Hall–Kier alpha value is -1.68. The van der Waals surface area contributed by atoms with Crippen molar-refractivity contribution in [2.45, 2.75) is 6.42 Å². The number of fused-ring (bicyclic) bond motifs is 1. The number of carbonyl (C=O) groups excluding carboxylic acids is 1. The van der Waals surface area contributed by atoms with Crippen LogP contribution in [0.3, 0.4) is 0 Å². The molecule has 4 heteroatoms. The molecule has 19 heavy (non-hydrogen) atoms. The molecule has 0 aliphatic carbocycles. The predicted octanol–water partition coefficient (Wildman–Crippen LogP) is 4.09. The molecule has 0 bridgehead atoms. The summed E-state index contributed by atoms with van der Waals surface area (Å²) in [6.07, 6.45) is 1.72. The van der Waals surface area contributed by atoms with Crippen molar-refractivity contribution in [3.05, 3.63) is 57.8 Å². The SMILES string of the molecule is O=Cc1ccc(N2CCc3ccc(F)cc32)cc1Br. The molecular weight excluding hydrogens is 309 g/mol. The number of rotatable bonds is 2. The first-order chi connectivity index (χ1) is 9.19. The molecule has 1 aliphatic rings. The van der Waals surface area contributed by atoms with E-state index in [4.69, 9.17) is 0 Å². The lowest BCUT2D eigenvalue weighted by molar-refractivity contribution is 0.112. The summed E-state index contributed by atoms with van der Waals surface area (Å²) in [6, 6.07) is 10.4. The molecule has 0 spiro atoms. The van der Waals surface area contributed by atoms with Crippen LogP contribution in [0.15, 0.2) is 40.9 Å². The molecule has 0 atom stereocenters. The standard InChI is InChI=1S/C15H11BrFNO/c16-14-8-13(4-2-11(14)9-19)18-6-5-10-1-3-12(17)7-15(10)18/h1-4,7-9H,5-6H2. The van der Waals surface area contributed by atoms with Crippen LogP contribution >= 0.6 is 15.9 Å². The Morgan fingerprint density at radius 1 is 1.21 bits per heavy atom. The van der Waals surface area contributed by atoms with Gasteiger partial charge in [0.25, 0.3) is 0 Å². The molecule has 1 aliphatic heterocycles. The summed E-state index contributed by atoms with van der Waals surface area (Å²) >= 11 is 3.38. The van der Waals surface area contributed by atoms with Crippen molar-refractivity contribution < 1.29 is 9.18 Å². The van der Waals surface area contributed by atoms with E-state index >= 15 is 0 Å². The van der Waals surface area contributed by atoms with Gasteiger partial charge in [-0.3, -0.25) is 4.79 Å². The fourth-order valence-corrected chi connectivity index (χ4v) is 2.86. The molecule has 3 rings (SSSR count). The van der Waals surface area contributed by atoms with E-state index in [1.165, 1.54) is 6.07 Å². The zero-order chi connectivity index (χ0) is 13.4. The molecule has 0 saturated carbocycles. The fourth-order valence-electron chi connectivity index (χ4n) is 2.40. The molecule has 2 aromatic rings. The maximum absolute atomic E-state index is 13.4. The smallest absolute Gasteiger partial charge is 0.151 e. The highest BCUT2D eigenvalue weighted by Crippen LogP contribution is 2.36. The lowest BCUT2D eigenvalue weighted by Gasteiger charge is -2.20. The quantitative estimate of drug-likeness (QED) is 0.777. The number of anilines is 2. The number of hydrogen-bond donors (Lipinski definition) is 0. The summed E-state index contributed by atoms with van der Waals surface area (Å²) in [7, 11) is 0. The number of halogens is 2. The lowest BCUT2D eigenvalue weighted by atomic mass is 10.1. The summed E-state index contributed by atoms with van der Waals surface area (Å²) < 4.78 is 14.1. The van der Waals surface area contributed by atoms with Crippen LogP contribution in [0, 0.1) is 5.82 Å². The Kier molecular flexibility index (Phi) is 3.11. The molecule has 0 aromatic heterocycles. The normalized spacial score (nSPS) is 13.5. The van der Waals surface area contributed by atoms with E-state index in [0.29, 0.717) is 5.56 Å². The topological polar surface area (TPSA) is 20.3 Å². The predicted molar refractivity (Wildman–Crippen MR) is 76.6 cm³/mol. The number of hydrogen-bond acceptors (Lipinski definition) is 2. The van der Waals surface area contributed by atoms with Crippen LogP contribution in [0.25, 0.3) is 0 Å². The maximum Gasteiger partial charge on any atom is 0.151 e. The second kappa shape index (κ2) is 4.78. The monoisotopic (exact) mass is 319 g/mol. The van der Waals surface area contributed by atoms with Gasteiger partial charge in [0, 0.05) is 28.0 Å². The van der Waals surface area contributed by atoms with Gasteiger partial charge < -0.3 is 4.90 Å².